The van der Waals surface area contributed by atoms with Crippen LogP contribution < -0.4 is 0 Å². The summed E-state index contributed by atoms with van der Waals surface area (Å²) in [5.74, 6) is 0.798. The minimum absolute atomic E-state index is 0.0581. The standard InChI is InChI=1S/C13H24O4/c1-10-16-7-11(8-17-10)6-15-9-12(5-14)13(2,3)4/h11-12,14H,1,5-9H2,2-4H3. The lowest BCUT2D eigenvalue weighted by Crippen LogP contribution is -2.31. The molecule has 1 unspecified atom stereocenters. The number of aliphatic hydroxyl groups excluding tert-OH is 1. The molecule has 1 N–H and O–H groups in total. The van der Waals surface area contributed by atoms with Gasteiger partial charge in [-0.1, -0.05) is 20.8 Å². The highest BCUT2D eigenvalue weighted by Gasteiger charge is 2.25. The van der Waals surface area contributed by atoms with Gasteiger partial charge in [0.1, 0.15) is 0 Å². The number of hydrogen-bond donors (Lipinski definition) is 1. The summed E-state index contributed by atoms with van der Waals surface area (Å²) < 4.78 is 16.0. The van der Waals surface area contributed by atoms with E-state index in [0.29, 0.717) is 32.4 Å². The van der Waals surface area contributed by atoms with Crippen molar-refractivity contribution in [2.24, 2.45) is 17.3 Å². The second-order valence-corrected chi connectivity index (χ2v) is 5.64. The third-order valence-electron chi connectivity index (χ3n) is 3.08. The fourth-order valence-corrected chi connectivity index (χ4v) is 1.56. The van der Waals surface area contributed by atoms with Gasteiger partial charge in [-0.2, -0.15) is 0 Å². The van der Waals surface area contributed by atoms with E-state index in [-0.39, 0.29) is 23.9 Å². The van der Waals surface area contributed by atoms with Gasteiger partial charge >= 0.3 is 0 Å². The zero-order chi connectivity index (χ0) is 12.9. The Balaban J connectivity index is 2.20. The van der Waals surface area contributed by atoms with E-state index in [4.69, 9.17) is 14.2 Å². The van der Waals surface area contributed by atoms with Gasteiger partial charge in [0.15, 0.2) is 0 Å². The van der Waals surface area contributed by atoms with Crippen LogP contribution in [-0.2, 0) is 14.2 Å². The lowest BCUT2D eigenvalue weighted by atomic mass is 9.82. The zero-order valence-electron chi connectivity index (χ0n) is 11.1. The van der Waals surface area contributed by atoms with Crippen LogP contribution in [0.15, 0.2) is 12.5 Å². The smallest absolute Gasteiger partial charge is 0.271 e. The largest absolute Gasteiger partial charge is 0.465 e. The monoisotopic (exact) mass is 244 g/mol. The Morgan fingerprint density at radius 3 is 2.47 bits per heavy atom. The van der Waals surface area contributed by atoms with Crippen molar-refractivity contribution in [3.05, 3.63) is 12.5 Å². The molecule has 1 atom stereocenters. The number of rotatable bonds is 5. The predicted octanol–water partition coefficient (Wildman–Crippen LogP) is 1.79. The first kappa shape index (κ1) is 14.3. The molecule has 0 aromatic heterocycles. The molecule has 1 aliphatic rings. The van der Waals surface area contributed by atoms with Crippen LogP contribution in [0, 0.1) is 17.3 Å². The van der Waals surface area contributed by atoms with E-state index in [1.165, 1.54) is 0 Å². The third-order valence-corrected chi connectivity index (χ3v) is 3.08. The molecule has 17 heavy (non-hydrogen) atoms. The molecule has 0 aromatic carbocycles. The Hall–Kier alpha value is -0.740. The molecular formula is C13H24O4. The summed E-state index contributed by atoms with van der Waals surface area (Å²) in [5.41, 5.74) is 0.0581. The van der Waals surface area contributed by atoms with Gasteiger partial charge in [0.25, 0.3) is 5.95 Å². The summed E-state index contributed by atoms with van der Waals surface area (Å²) in [6, 6.07) is 0. The molecular weight excluding hydrogens is 220 g/mol. The van der Waals surface area contributed by atoms with Crippen LogP contribution >= 0.6 is 0 Å². The second kappa shape index (κ2) is 6.26. The molecule has 4 nitrogen and oxygen atoms in total. The maximum Gasteiger partial charge on any atom is 0.271 e. The van der Waals surface area contributed by atoms with Gasteiger partial charge in [0.05, 0.1) is 32.3 Å². The van der Waals surface area contributed by atoms with Crippen LogP contribution in [0.3, 0.4) is 0 Å². The van der Waals surface area contributed by atoms with E-state index in [2.05, 4.69) is 27.4 Å². The van der Waals surface area contributed by atoms with Gasteiger partial charge in [-0.3, -0.25) is 0 Å². The topological polar surface area (TPSA) is 47.9 Å². The van der Waals surface area contributed by atoms with Crippen molar-refractivity contribution in [1.29, 1.82) is 0 Å². The van der Waals surface area contributed by atoms with Gasteiger partial charge in [0, 0.05) is 12.5 Å². The quantitative estimate of drug-likeness (QED) is 0.801. The first-order valence-electron chi connectivity index (χ1n) is 6.06. The summed E-state index contributed by atoms with van der Waals surface area (Å²) in [7, 11) is 0. The molecule has 0 saturated carbocycles. The fourth-order valence-electron chi connectivity index (χ4n) is 1.56. The van der Waals surface area contributed by atoms with E-state index in [0.717, 1.165) is 0 Å². The predicted molar refractivity (Wildman–Crippen MR) is 65.4 cm³/mol. The molecule has 4 heteroatoms. The molecule has 0 bridgehead atoms. The molecule has 1 saturated heterocycles. The summed E-state index contributed by atoms with van der Waals surface area (Å²) in [6.45, 7) is 12.4. The number of hydrogen-bond acceptors (Lipinski definition) is 4. The van der Waals surface area contributed by atoms with E-state index >= 15 is 0 Å². The Morgan fingerprint density at radius 2 is 2.00 bits per heavy atom. The summed E-state index contributed by atoms with van der Waals surface area (Å²) in [6.07, 6.45) is 0. The first-order chi connectivity index (χ1) is 7.93. The van der Waals surface area contributed by atoms with Crippen LogP contribution in [0.1, 0.15) is 20.8 Å². The maximum atomic E-state index is 9.29. The van der Waals surface area contributed by atoms with E-state index in [1.54, 1.807) is 0 Å². The van der Waals surface area contributed by atoms with Crippen LogP contribution in [0.2, 0.25) is 0 Å². The lowest BCUT2D eigenvalue weighted by Gasteiger charge is -2.30. The molecule has 0 amide bonds. The normalized spacial score (nSPS) is 19.6. The van der Waals surface area contributed by atoms with Gasteiger partial charge in [-0.15, -0.1) is 0 Å². The van der Waals surface area contributed by atoms with Crippen molar-refractivity contribution < 1.29 is 19.3 Å². The SMILES string of the molecule is C=C1OCC(COCC(CO)C(C)(C)C)CO1. The van der Waals surface area contributed by atoms with E-state index < -0.39 is 0 Å². The molecule has 0 spiro atoms. The second-order valence-electron chi connectivity index (χ2n) is 5.64. The van der Waals surface area contributed by atoms with Gasteiger partial charge < -0.3 is 19.3 Å². The highest BCUT2D eigenvalue weighted by atomic mass is 16.7. The van der Waals surface area contributed by atoms with Crippen LogP contribution in [0.4, 0.5) is 0 Å². The Morgan fingerprint density at radius 1 is 1.41 bits per heavy atom. The highest BCUT2D eigenvalue weighted by molar-refractivity contribution is 4.76. The van der Waals surface area contributed by atoms with Gasteiger partial charge in [-0.05, 0) is 12.0 Å². The van der Waals surface area contributed by atoms with E-state index in [9.17, 15) is 5.11 Å². The summed E-state index contributed by atoms with van der Waals surface area (Å²) in [4.78, 5) is 0. The third kappa shape index (κ3) is 4.96. The van der Waals surface area contributed by atoms with Crippen molar-refractivity contribution in [1.82, 2.24) is 0 Å². The zero-order valence-corrected chi connectivity index (χ0v) is 11.1. The van der Waals surface area contributed by atoms with Crippen molar-refractivity contribution in [3.63, 3.8) is 0 Å². The first-order valence-corrected chi connectivity index (χ1v) is 6.06. The van der Waals surface area contributed by atoms with E-state index in [1.807, 2.05) is 0 Å². The molecule has 1 aliphatic heterocycles. The minimum atomic E-state index is 0.0581. The summed E-state index contributed by atoms with van der Waals surface area (Å²) in [5, 5.41) is 9.29. The Labute approximate surface area is 104 Å². The molecule has 1 heterocycles. The van der Waals surface area contributed by atoms with Crippen LogP contribution in [0.25, 0.3) is 0 Å². The molecule has 1 rings (SSSR count). The lowest BCUT2D eigenvalue weighted by molar-refractivity contribution is -0.0803. The average Bonchev–Trinajstić information content (AvgIpc) is 2.25. The minimum Gasteiger partial charge on any atom is -0.465 e. The highest BCUT2D eigenvalue weighted by Crippen LogP contribution is 2.25. The fraction of sp³-hybridized carbons (Fsp3) is 0.846. The van der Waals surface area contributed by atoms with Crippen LogP contribution in [-0.4, -0.2) is 38.1 Å². The van der Waals surface area contributed by atoms with Crippen molar-refractivity contribution in [2.75, 3.05) is 33.0 Å². The Bertz CT molecular complexity index is 234. The molecule has 0 radical (unpaired) electrons. The average molecular weight is 244 g/mol. The molecule has 1 fully saturated rings. The molecule has 100 valence electrons. The molecule has 0 aromatic rings. The van der Waals surface area contributed by atoms with Crippen molar-refractivity contribution >= 4 is 0 Å². The van der Waals surface area contributed by atoms with Crippen LogP contribution in [0.5, 0.6) is 0 Å². The van der Waals surface area contributed by atoms with Gasteiger partial charge in [-0.25, -0.2) is 0 Å². The van der Waals surface area contributed by atoms with Crippen molar-refractivity contribution in [2.45, 2.75) is 20.8 Å². The number of aliphatic hydroxyl groups is 1. The van der Waals surface area contributed by atoms with Crippen molar-refractivity contribution in [3.8, 4) is 0 Å². The molecule has 0 aliphatic carbocycles. The summed E-state index contributed by atoms with van der Waals surface area (Å²) >= 11 is 0. The maximum absolute atomic E-state index is 9.29. The Kier molecular flexibility index (Phi) is 5.28. The number of ether oxygens (including phenoxy) is 3. The van der Waals surface area contributed by atoms with Gasteiger partial charge in [0.2, 0.25) is 0 Å².